The molecule has 1 fully saturated rings. The summed E-state index contributed by atoms with van der Waals surface area (Å²) in [5.41, 5.74) is 2.95. The number of thiophene rings is 1. The highest BCUT2D eigenvalue weighted by atomic mass is 32.1. The lowest BCUT2D eigenvalue weighted by Gasteiger charge is -2.28. The van der Waals surface area contributed by atoms with Gasteiger partial charge in [-0.1, -0.05) is 57.4 Å². The predicted octanol–water partition coefficient (Wildman–Crippen LogP) is 7.44. The Hall–Kier alpha value is -1.08. The van der Waals surface area contributed by atoms with Gasteiger partial charge in [0.25, 0.3) is 0 Å². The Labute approximate surface area is 146 Å². The van der Waals surface area contributed by atoms with Crippen LogP contribution in [0.5, 0.6) is 0 Å². The van der Waals surface area contributed by atoms with E-state index >= 15 is 0 Å². The van der Waals surface area contributed by atoms with Gasteiger partial charge in [-0.2, -0.15) is 0 Å². The summed E-state index contributed by atoms with van der Waals surface area (Å²) in [5.74, 6) is 1.80. The molecule has 124 valence electrons. The lowest BCUT2D eigenvalue weighted by Crippen LogP contribution is -2.13. The van der Waals surface area contributed by atoms with Gasteiger partial charge >= 0.3 is 0 Å². The second-order valence-corrected chi connectivity index (χ2v) is 8.31. The van der Waals surface area contributed by atoms with Crippen LogP contribution in [-0.2, 0) is 6.42 Å². The van der Waals surface area contributed by atoms with Gasteiger partial charge in [-0.15, -0.1) is 11.3 Å². The summed E-state index contributed by atoms with van der Waals surface area (Å²) in [4.78, 5) is 2.94. The molecular weight excluding hydrogens is 296 g/mol. The fourth-order valence-electron chi connectivity index (χ4n) is 4.03. The van der Waals surface area contributed by atoms with Gasteiger partial charge < -0.3 is 0 Å². The molecule has 0 saturated heterocycles. The van der Waals surface area contributed by atoms with E-state index in [1.165, 1.54) is 66.7 Å². The second-order valence-electron chi connectivity index (χ2n) is 7.14. The highest BCUT2D eigenvalue weighted by molar-refractivity contribution is 7.15. The summed E-state index contributed by atoms with van der Waals surface area (Å²) in [6.45, 7) is 4.57. The van der Waals surface area contributed by atoms with Gasteiger partial charge in [-0.25, -0.2) is 0 Å². The van der Waals surface area contributed by atoms with Crippen LogP contribution in [0.1, 0.15) is 75.2 Å². The van der Waals surface area contributed by atoms with Gasteiger partial charge in [-0.05, 0) is 67.2 Å². The van der Waals surface area contributed by atoms with E-state index in [9.17, 15) is 0 Å². The van der Waals surface area contributed by atoms with E-state index in [0.717, 1.165) is 11.8 Å². The van der Waals surface area contributed by atoms with Crippen LogP contribution in [0.4, 0.5) is 0 Å². The summed E-state index contributed by atoms with van der Waals surface area (Å²) >= 11 is 1.96. The molecule has 1 aliphatic carbocycles. The van der Waals surface area contributed by atoms with Crippen LogP contribution in [0.3, 0.4) is 0 Å². The normalized spacial score (nSPS) is 21.5. The largest absolute Gasteiger partial charge is 0.140 e. The minimum atomic E-state index is 0.802. The Morgan fingerprint density at radius 2 is 1.61 bits per heavy atom. The molecular formula is C22H30S. The molecule has 0 amide bonds. The smallest absolute Gasteiger partial charge is 0.0345 e. The number of rotatable bonds is 6. The maximum atomic E-state index is 2.39. The SMILES string of the molecule is CCCc1ccc(-c2ccc(C3CCC(CCC)CC3)cc2)s1. The fraction of sp³-hybridized carbons (Fsp3) is 0.545. The molecule has 1 aliphatic rings. The summed E-state index contributed by atoms with van der Waals surface area (Å²) in [6, 6.07) is 14.1. The third kappa shape index (κ3) is 4.26. The van der Waals surface area contributed by atoms with Crippen LogP contribution in [0.15, 0.2) is 36.4 Å². The first kappa shape index (κ1) is 16.8. The molecule has 2 aromatic rings. The summed E-state index contributed by atoms with van der Waals surface area (Å²) in [7, 11) is 0. The molecule has 0 nitrogen and oxygen atoms in total. The first-order valence-electron chi connectivity index (χ1n) is 9.49. The van der Waals surface area contributed by atoms with Crippen LogP contribution >= 0.6 is 11.3 Å². The number of hydrogen-bond acceptors (Lipinski definition) is 1. The first-order chi connectivity index (χ1) is 11.3. The summed E-state index contributed by atoms with van der Waals surface area (Å²) < 4.78 is 0. The third-order valence-electron chi connectivity index (χ3n) is 5.37. The zero-order valence-electron chi connectivity index (χ0n) is 14.7. The van der Waals surface area contributed by atoms with Crippen LogP contribution in [-0.4, -0.2) is 0 Å². The summed E-state index contributed by atoms with van der Waals surface area (Å²) in [5, 5.41) is 0. The van der Waals surface area contributed by atoms with Crippen molar-refractivity contribution in [1.29, 1.82) is 0 Å². The lowest BCUT2D eigenvalue weighted by atomic mass is 9.77. The van der Waals surface area contributed by atoms with E-state index in [1.54, 1.807) is 5.56 Å². The average Bonchev–Trinajstić information content (AvgIpc) is 3.05. The summed E-state index contributed by atoms with van der Waals surface area (Å²) in [6.07, 6.45) is 10.9. The number of hydrogen-bond donors (Lipinski definition) is 0. The fourth-order valence-corrected chi connectivity index (χ4v) is 5.14. The van der Waals surface area contributed by atoms with Gasteiger partial charge in [0.15, 0.2) is 0 Å². The minimum Gasteiger partial charge on any atom is -0.140 e. The number of benzene rings is 1. The molecule has 0 spiro atoms. The van der Waals surface area contributed by atoms with Crippen molar-refractivity contribution in [3.8, 4) is 10.4 Å². The molecule has 1 heterocycles. The zero-order valence-corrected chi connectivity index (χ0v) is 15.5. The van der Waals surface area contributed by atoms with Crippen LogP contribution in [0, 0.1) is 5.92 Å². The minimum absolute atomic E-state index is 0.802. The van der Waals surface area contributed by atoms with Crippen molar-refractivity contribution in [3.05, 3.63) is 46.8 Å². The van der Waals surface area contributed by atoms with Gasteiger partial charge in [0.05, 0.1) is 0 Å². The average molecular weight is 327 g/mol. The van der Waals surface area contributed by atoms with Gasteiger partial charge in [-0.3, -0.25) is 0 Å². The van der Waals surface area contributed by atoms with Crippen molar-refractivity contribution in [2.24, 2.45) is 5.92 Å². The Morgan fingerprint density at radius 1 is 0.870 bits per heavy atom. The molecule has 3 rings (SSSR count). The maximum absolute atomic E-state index is 2.39. The third-order valence-corrected chi connectivity index (χ3v) is 6.56. The first-order valence-corrected chi connectivity index (χ1v) is 10.3. The van der Waals surface area contributed by atoms with E-state index in [2.05, 4.69) is 50.2 Å². The van der Waals surface area contributed by atoms with Crippen LogP contribution in [0.2, 0.25) is 0 Å². The molecule has 0 unspecified atom stereocenters. The lowest BCUT2D eigenvalue weighted by molar-refractivity contribution is 0.308. The highest BCUT2D eigenvalue weighted by Gasteiger charge is 2.21. The van der Waals surface area contributed by atoms with E-state index in [4.69, 9.17) is 0 Å². The van der Waals surface area contributed by atoms with Crippen molar-refractivity contribution in [2.45, 2.75) is 71.1 Å². The van der Waals surface area contributed by atoms with E-state index in [1.807, 2.05) is 11.3 Å². The van der Waals surface area contributed by atoms with Crippen LogP contribution in [0.25, 0.3) is 10.4 Å². The van der Waals surface area contributed by atoms with Gasteiger partial charge in [0, 0.05) is 9.75 Å². The molecule has 0 bridgehead atoms. The molecule has 23 heavy (non-hydrogen) atoms. The Balaban J connectivity index is 1.63. The molecule has 0 aliphatic heterocycles. The monoisotopic (exact) mass is 326 g/mol. The molecule has 0 N–H and O–H groups in total. The van der Waals surface area contributed by atoms with Crippen molar-refractivity contribution < 1.29 is 0 Å². The zero-order chi connectivity index (χ0) is 16.1. The topological polar surface area (TPSA) is 0 Å². The molecule has 0 atom stereocenters. The molecule has 1 aromatic heterocycles. The van der Waals surface area contributed by atoms with E-state index in [-0.39, 0.29) is 0 Å². The van der Waals surface area contributed by atoms with Gasteiger partial charge in [0.1, 0.15) is 0 Å². The van der Waals surface area contributed by atoms with Gasteiger partial charge in [0.2, 0.25) is 0 Å². The Bertz CT molecular complexity index is 585. The predicted molar refractivity (Wildman–Crippen MR) is 103 cm³/mol. The molecule has 1 aromatic carbocycles. The second kappa shape index (κ2) is 8.15. The van der Waals surface area contributed by atoms with Crippen molar-refractivity contribution in [2.75, 3.05) is 0 Å². The van der Waals surface area contributed by atoms with Crippen molar-refractivity contribution in [3.63, 3.8) is 0 Å². The quantitative estimate of drug-likeness (QED) is 0.517. The van der Waals surface area contributed by atoms with E-state index in [0.29, 0.717) is 0 Å². The van der Waals surface area contributed by atoms with E-state index < -0.39 is 0 Å². The van der Waals surface area contributed by atoms with Crippen LogP contribution < -0.4 is 0 Å². The highest BCUT2D eigenvalue weighted by Crippen LogP contribution is 2.38. The van der Waals surface area contributed by atoms with Crippen molar-refractivity contribution in [1.82, 2.24) is 0 Å². The maximum Gasteiger partial charge on any atom is 0.0345 e. The Morgan fingerprint density at radius 3 is 2.26 bits per heavy atom. The standard InChI is InChI=1S/C22H30S/c1-3-5-17-7-9-18(10-8-17)19-11-13-20(14-12-19)22-16-15-21(23-22)6-4-2/h11-18H,3-10H2,1-2H3. The van der Waals surface area contributed by atoms with Crippen molar-refractivity contribution >= 4 is 11.3 Å². The molecule has 1 heteroatoms. The number of aryl methyl sites for hydroxylation is 1. The Kier molecular flexibility index (Phi) is 5.94. The molecule has 0 radical (unpaired) electrons. The molecule has 1 saturated carbocycles.